The highest BCUT2D eigenvalue weighted by Gasteiger charge is 1.99. The number of rotatable bonds is 5. The van der Waals surface area contributed by atoms with Crippen LogP contribution in [0, 0.1) is 13.8 Å². The Morgan fingerprint density at radius 2 is 2.18 bits per heavy atom. The van der Waals surface area contributed by atoms with Gasteiger partial charge in [0.1, 0.15) is 0 Å². The second-order valence-electron chi connectivity index (χ2n) is 4.20. The van der Waals surface area contributed by atoms with Gasteiger partial charge < -0.3 is 5.32 Å². The molecule has 0 spiro atoms. The summed E-state index contributed by atoms with van der Waals surface area (Å²) in [5, 5.41) is 11.1. The topological polar surface area (TPSA) is 42.7 Å². The highest BCUT2D eigenvalue weighted by atomic mass is 15.4. The summed E-state index contributed by atoms with van der Waals surface area (Å²) in [7, 11) is 0. The molecule has 0 atom stereocenters. The normalized spacial score (nSPS) is 10.7. The van der Waals surface area contributed by atoms with Crippen LogP contribution in [0.4, 0.5) is 0 Å². The molecule has 0 amide bonds. The highest BCUT2D eigenvalue weighted by molar-refractivity contribution is 5.32. The Bertz CT molecular complexity index is 462. The van der Waals surface area contributed by atoms with Gasteiger partial charge >= 0.3 is 0 Å². The van der Waals surface area contributed by atoms with Crippen molar-refractivity contribution in [3.63, 3.8) is 0 Å². The van der Waals surface area contributed by atoms with Crippen molar-refractivity contribution in [3.8, 4) is 0 Å². The van der Waals surface area contributed by atoms with Crippen molar-refractivity contribution in [2.75, 3.05) is 6.54 Å². The number of aryl methyl sites for hydroxylation is 1. The molecule has 1 aromatic heterocycles. The molecule has 0 radical (unpaired) electrons. The van der Waals surface area contributed by atoms with E-state index in [-0.39, 0.29) is 0 Å². The van der Waals surface area contributed by atoms with Gasteiger partial charge in [0.05, 0.1) is 12.7 Å². The first-order valence-electron chi connectivity index (χ1n) is 5.87. The van der Waals surface area contributed by atoms with Crippen molar-refractivity contribution in [2.45, 2.75) is 26.9 Å². The Hall–Kier alpha value is -1.68. The summed E-state index contributed by atoms with van der Waals surface area (Å²) in [5.74, 6) is 0. The predicted octanol–water partition coefficient (Wildman–Crippen LogP) is 1.68. The number of nitrogens with one attached hydrogen (secondary N) is 1. The van der Waals surface area contributed by atoms with Crippen LogP contribution in [-0.4, -0.2) is 21.5 Å². The van der Waals surface area contributed by atoms with E-state index >= 15 is 0 Å². The summed E-state index contributed by atoms with van der Waals surface area (Å²) < 4.78 is 1.83. The zero-order valence-electron chi connectivity index (χ0n) is 10.3. The molecule has 0 saturated heterocycles. The lowest BCUT2D eigenvalue weighted by Gasteiger charge is -2.09. The standard InChI is InChI=1S/C13H18N4/c1-11-4-3-5-13(12(11)2)10-14-6-8-17-9-7-15-16-17/h3-5,7,9,14H,6,8,10H2,1-2H3. The van der Waals surface area contributed by atoms with E-state index in [2.05, 4.69) is 47.7 Å². The average molecular weight is 230 g/mol. The van der Waals surface area contributed by atoms with Crippen LogP contribution in [0.1, 0.15) is 16.7 Å². The second-order valence-corrected chi connectivity index (χ2v) is 4.20. The Labute approximate surface area is 102 Å². The summed E-state index contributed by atoms with van der Waals surface area (Å²) in [4.78, 5) is 0. The molecule has 2 aromatic rings. The smallest absolute Gasteiger partial charge is 0.0692 e. The molecule has 1 N–H and O–H groups in total. The molecule has 0 fully saturated rings. The molecule has 1 aromatic carbocycles. The van der Waals surface area contributed by atoms with Gasteiger partial charge in [-0.15, -0.1) is 5.10 Å². The maximum absolute atomic E-state index is 3.92. The monoisotopic (exact) mass is 230 g/mol. The van der Waals surface area contributed by atoms with E-state index in [1.165, 1.54) is 16.7 Å². The fourth-order valence-electron chi connectivity index (χ4n) is 1.77. The zero-order chi connectivity index (χ0) is 12.1. The van der Waals surface area contributed by atoms with Gasteiger partial charge in [0, 0.05) is 19.3 Å². The van der Waals surface area contributed by atoms with Crippen molar-refractivity contribution < 1.29 is 0 Å². The quantitative estimate of drug-likeness (QED) is 0.795. The number of hydrogen-bond acceptors (Lipinski definition) is 3. The van der Waals surface area contributed by atoms with E-state index in [1.807, 2.05) is 10.9 Å². The molecular formula is C13H18N4. The van der Waals surface area contributed by atoms with Gasteiger partial charge in [0.15, 0.2) is 0 Å². The predicted molar refractivity (Wildman–Crippen MR) is 67.6 cm³/mol. The van der Waals surface area contributed by atoms with Crippen molar-refractivity contribution >= 4 is 0 Å². The molecule has 90 valence electrons. The highest BCUT2D eigenvalue weighted by Crippen LogP contribution is 2.11. The van der Waals surface area contributed by atoms with Crippen molar-refractivity contribution in [1.82, 2.24) is 20.3 Å². The Balaban J connectivity index is 1.80. The molecule has 0 bridgehead atoms. The van der Waals surface area contributed by atoms with Crippen LogP contribution in [0.5, 0.6) is 0 Å². The lowest BCUT2D eigenvalue weighted by atomic mass is 10.0. The van der Waals surface area contributed by atoms with Gasteiger partial charge in [-0.3, -0.25) is 4.68 Å². The molecule has 0 saturated carbocycles. The van der Waals surface area contributed by atoms with Gasteiger partial charge in [-0.1, -0.05) is 23.4 Å². The maximum Gasteiger partial charge on any atom is 0.0692 e. The number of nitrogens with zero attached hydrogens (tertiary/aromatic N) is 3. The molecule has 2 rings (SSSR count). The first kappa shape index (κ1) is 11.8. The molecule has 0 unspecified atom stereocenters. The summed E-state index contributed by atoms with van der Waals surface area (Å²) in [6.07, 6.45) is 3.57. The SMILES string of the molecule is Cc1cccc(CNCCn2ccnn2)c1C. The lowest BCUT2D eigenvalue weighted by molar-refractivity contribution is 0.539. The molecule has 0 aliphatic heterocycles. The second kappa shape index (κ2) is 5.59. The zero-order valence-corrected chi connectivity index (χ0v) is 10.3. The van der Waals surface area contributed by atoms with Gasteiger partial charge in [-0.05, 0) is 30.5 Å². The average Bonchev–Trinajstić information content (AvgIpc) is 2.83. The number of hydrogen-bond donors (Lipinski definition) is 1. The van der Waals surface area contributed by atoms with E-state index in [0.29, 0.717) is 0 Å². The fourth-order valence-corrected chi connectivity index (χ4v) is 1.77. The first-order valence-corrected chi connectivity index (χ1v) is 5.87. The number of aromatic nitrogens is 3. The summed E-state index contributed by atoms with van der Waals surface area (Å²) >= 11 is 0. The van der Waals surface area contributed by atoms with Crippen LogP contribution in [-0.2, 0) is 13.1 Å². The van der Waals surface area contributed by atoms with Crippen LogP contribution in [0.2, 0.25) is 0 Å². The van der Waals surface area contributed by atoms with Crippen LogP contribution >= 0.6 is 0 Å². The summed E-state index contributed by atoms with van der Waals surface area (Å²) in [6, 6.07) is 6.43. The maximum atomic E-state index is 3.92. The first-order chi connectivity index (χ1) is 8.27. The van der Waals surface area contributed by atoms with E-state index in [1.54, 1.807) is 6.20 Å². The summed E-state index contributed by atoms with van der Waals surface area (Å²) in [5.41, 5.74) is 4.09. The molecule has 4 heteroatoms. The van der Waals surface area contributed by atoms with Crippen molar-refractivity contribution in [1.29, 1.82) is 0 Å². The third kappa shape index (κ3) is 3.14. The Morgan fingerprint density at radius 1 is 1.29 bits per heavy atom. The van der Waals surface area contributed by atoms with E-state index in [4.69, 9.17) is 0 Å². The Morgan fingerprint density at radius 3 is 2.94 bits per heavy atom. The van der Waals surface area contributed by atoms with Crippen LogP contribution in [0.15, 0.2) is 30.6 Å². The molecule has 1 heterocycles. The Kier molecular flexibility index (Phi) is 3.88. The van der Waals surface area contributed by atoms with Crippen molar-refractivity contribution in [3.05, 3.63) is 47.3 Å². The number of benzene rings is 1. The minimum atomic E-state index is 0.852. The molecule has 0 aliphatic rings. The van der Waals surface area contributed by atoms with Crippen LogP contribution < -0.4 is 5.32 Å². The van der Waals surface area contributed by atoms with E-state index < -0.39 is 0 Å². The van der Waals surface area contributed by atoms with Crippen LogP contribution in [0.3, 0.4) is 0 Å². The van der Waals surface area contributed by atoms with Crippen LogP contribution in [0.25, 0.3) is 0 Å². The molecule has 17 heavy (non-hydrogen) atoms. The van der Waals surface area contributed by atoms with E-state index in [9.17, 15) is 0 Å². The van der Waals surface area contributed by atoms with Gasteiger partial charge in [0.2, 0.25) is 0 Å². The molecular weight excluding hydrogens is 212 g/mol. The van der Waals surface area contributed by atoms with Crippen molar-refractivity contribution in [2.24, 2.45) is 0 Å². The summed E-state index contributed by atoms with van der Waals surface area (Å²) in [6.45, 7) is 6.97. The third-order valence-corrected chi connectivity index (χ3v) is 3.02. The van der Waals surface area contributed by atoms with Gasteiger partial charge in [0.25, 0.3) is 0 Å². The minimum Gasteiger partial charge on any atom is -0.311 e. The molecule has 4 nitrogen and oxygen atoms in total. The van der Waals surface area contributed by atoms with Gasteiger partial charge in [-0.2, -0.15) is 0 Å². The lowest BCUT2D eigenvalue weighted by Crippen LogP contribution is -2.20. The molecule has 0 aliphatic carbocycles. The fraction of sp³-hybridized carbons (Fsp3) is 0.385. The third-order valence-electron chi connectivity index (χ3n) is 3.02. The minimum absolute atomic E-state index is 0.852. The largest absolute Gasteiger partial charge is 0.311 e. The van der Waals surface area contributed by atoms with Gasteiger partial charge in [-0.25, -0.2) is 0 Å². The van der Waals surface area contributed by atoms with E-state index in [0.717, 1.165) is 19.6 Å².